The third-order valence-corrected chi connectivity index (χ3v) is 4.61. The molecule has 1 aromatic heterocycles. The molecule has 0 aliphatic carbocycles. The van der Waals surface area contributed by atoms with Gasteiger partial charge in [-0.1, -0.05) is 0 Å². The lowest BCUT2D eigenvalue weighted by Gasteiger charge is -2.13. The van der Waals surface area contributed by atoms with Crippen molar-refractivity contribution >= 4 is 52.5 Å². The molecular formula is C18H12N2O8S. The summed E-state index contributed by atoms with van der Waals surface area (Å²) < 4.78 is 5.09. The van der Waals surface area contributed by atoms with E-state index in [2.05, 4.69) is 5.32 Å². The zero-order valence-corrected chi connectivity index (χ0v) is 15.3. The molecule has 1 aliphatic heterocycles. The summed E-state index contributed by atoms with van der Waals surface area (Å²) in [4.78, 5) is 59.7. The number of thioether (sulfide) groups is 1. The van der Waals surface area contributed by atoms with E-state index in [-0.39, 0.29) is 21.7 Å². The van der Waals surface area contributed by atoms with Crippen molar-refractivity contribution in [3.8, 4) is 0 Å². The number of anilines is 1. The molecule has 3 rings (SSSR count). The molecule has 2 aromatic rings. The van der Waals surface area contributed by atoms with Crippen molar-refractivity contribution in [3.05, 3.63) is 58.4 Å². The molecular weight excluding hydrogens is 404 g/mol. The summed E-state index contributed by atoms with van der Waals surface area (Å²) in [6, 6.07) is 6.28. The van der Waals surface area contributed by atoms with Crippen LogP contribution < -0.4 is 5.32 Å². The summed E-state index contributed by atoms with van der Waals surface area (Å²) in [5.74, 6) is -3.87. The van der Waals surface area contributed by atoms with Gasteiger partial charge in [-0.3, -0.25) is 19.3 Å². The monoisotopic (exact) mass is 416 g/mol. The summed E-state index contributed by atoms with van der Waals surface area (Å²) in [7, 11) is 0. The Balaban J connectivity index is 1.74. The summed E-state index contributed by atoms with van der Waals surface area (Å²) in [6.45, 7) is -0.625. The maximum absolute atomic E-state index is 12.4. The van der Waals surface area contributed by atoms with Crippen molar-refractivity contribution < 1.29 is 38.6 Å². The van der Waals surface area contributed by atoms with Gasteiger partial charge in [0.25, 0.3) is 11.1 Å². The average molecular weight is 416 g/mol. The lowest BCUT2D eigenvalue weighted by molar-refractivity contribution is -0.127. The van der Waals surface area contributed by atoms with Crippen LogP contribution in [0.15, 0.2) is 45.9 Å². The van der Waals surface area contributed by atoms with E-state index in [1.807, 2.05) is 0 Å². The molecule has 0 bridgehead atoms. The number of benzene rings is 1. The number of nitrogens with zero attached hydrogens (tertiary/aromatic N) is 1. The minimum Gasteiger partial charge on any atom is -0.478 e. The zero-order valence-electron chi connectivity index (χ0n) is 14.4. The second-order valence-corrected chi connectivity index (χ2v) is 6.73. The Morgan fingerprint density at radius 2 is 1.76 bits per heavy atom. The Labute approximate surface area is 166 Å². The second-order valence-electron chi connectivity index (χ2n) is 5.74. The predicted octanol–water partition coefficient (Wildman–Crippen LogP) is 2.35. The number of amides is 3. The van der Waals surface area contributed by atoms with Gasteiger partial charge in [0.1, 0.15) is 12.3 Å². The first kappa shape index (κ1) is 19.9. The van der Waals surface area contributed by atoms with Gasteiger partial charge in [-0.15, -0.1) is 0 Å². The van der Waals surface area contributed by atoms with E-state index in [1.165, 1.54) is 12.3 Å². The molecule has 2 heterocycles. The van der Waals surface area contributed by atoms with E-state index in [9.17, 15) is 24.0 Å². The number of furan rings is 1. The standard InChI is InChI=1S/C18H12N2O8S/c21-14(19-11-5-9(16(23)24)4-10(6-11)17(25)26)8-20-15(22)13(29-18(20)27)7-12-2-1-3-28-12/h1-7H,8H2,(H,19,21)(H,23,24)(H,25,26)/b13-7-. The molecule has 0 atom stereocenters. The van der Waals surface area contributed by atoms with E-state index < -0.39 is 35.5 Å². The van der Waals surface area contributed by atoms with Gasteiger partial charge >= 0.3 is 11.9 Å². The molecule has 1 aliphatic rings. The Morgan fingerprint density at radius 3 is 2.31 bits per heavy atom. The smallest absolute Gasteiger partial charge is 0.335 e. The van der Waals surface area contributed by atoms with Crippen LogP contribution in [0.4, 0.5) is 10.5 Å². The van der Waals surface area contributed by atoms with Gasteiger partial charge in [0.05, 0.1) is 22.3 Å². The molecule has 1 fully saturated rings. The van der Waals surface area contributed by atoms with Crippen LogP contribution in [0.5, 0.6) is 0 Å². The van der Waals surface area contributed by atoms with Crippen molar-refractivity contribution in [1.82, 2.24) is 4.90 Å². The van der Waals surface area contributed by atoms with Crippen LogP contribution in [0.25, 0.3) is 6.08 Å². The number of carboxylic acid groups (broad SMARTS) is 2. The highest BCUT2D eigenvalue weighted by atomic mass is 32.2. The second kappa shape index (κ2) is 8.02. The average Bonchev–Trinajstić information content (AvgIpc) is 3.25. The van der Waals surface area contributed by atoms with Gasteiger partial charge in [-0.25, -0.2) is 9.59 Å². The van der Waals surface area contributed by atoms with Gasteiger partial charge in [-0.05, 0) is 42.1 Å². The third kappa shape index (κ3) is 4.52. The molecule has 29 heavy (non-hydrogen) atoms. The highest BCUT2D eigenvalue weighted by Crippen LogP contribution is 2.32. The number of carboxylic acids is 2. The van der Waals surface area contributed by atoms with Crippen LogP contribution in [0.3, 0.4) is 0 Å². The molecule has 10 nitrogen and oxygen atoms in total. The van der Waals surface area contributed by atoms with E-state index in [4.69, 9.17) is 14.6 Å². The molecule has 0 radical (unpaired) electrons. The first-order valence-electron chi connectivity index (χ1n) is 7.95. The van der Waals surface area contributed by atoms with Crippen molar-refractivity contribution in [2.24, 2.45) is 0 Å². The van der Waals surface area contributed by atoms with Crippen molar-refractivity contribution in [2.75, 3.05) is 11.9 Å². The highest BCUT2D eigenvalue weighted by molar-refractivity contribution is 8.18. The number of carbonyl (C=O) groups is 5. The van der Waals surface area contributed by atoms with Crippen molar-refractivity contribution in [1.29, 1.82) is 0 Å². The quantitative estimate of drug-likeness (QED) is 0.602. The predicted molar refractivity (Wildman–Crippen MR) is 100 cm³/mol. The maximum Gasteiger partial charge on any atom is 0.335 e. The molecule has 3 N–H and O–H groups in total. The minimum atomic E-state index is -1.38. The lowest BCUT2D eigenvalue weighted by Crippen LogP contribution is -2.36. The van der Waals surface area contributed by atoms with Gasteiger partial charge in [0.15, 0.2) is 0 Å². The van der Waals surface area contributed by atoms with E-state index >= 15 is 0 Å². The van der Waals surface area contributed by atoms with Crippen LogP contribution in [0.1, 0.15) is 26.5 Å². The summed E-state index contributed by atoms with van der Waals surface area (Å²) in [5.41, 5.74) is -0.772. The number of aromatic carboxylic acids is 2. The SMILES string of the molecule is O=C(CN1C(=O)S/C(=C\c2ccco2)C1=O)Nc1cc(C(=O)O)cc(C(=O)O)c1. The molecule has 0 spiro atoms. The summed E-state index contributed by atoms with van der Waals surface area (Å²) in [5, 5.41) is 19.8. The summed E-state index contributed by atoms with van der Waals surface area (Å²) in [6.07, 6.45) is 2.78. The summed E-state index contributed by atoms with van der Waals surface area (Å²) >= 11 is 0.644. The number of rotatable bonds is 6. The molecule has 1 aromatic carbocycles. The molecule has 3 amide bonds. The fraction of sp³-hybridized carbons (Fsp3) is 0.0556. The number of imide groups is 1. The Morgan fingerprint density at radius 1 is 1.10 bits per heavy atom. The third-order valence-electron chi connectivity index (χ3n) is 3.70. The molecule has 0 saturated carbocycles. The first-order valence-corrected chi connectivity index (χ1v) is 8.76. The largest absolute Gasteiger partial charge is 0.478 e. The van der Waals surface area contributed by atoms with E-state index in [1.54, 1.807) is 12.1 Å². The number of carbonyl (C=O) groups excluding carboxylic acids is 3. The van der Waals surface area contributed by atoms with Gasteiger partial charge in [0.2, 0.25) is 5.91 Å². The number of hydrogen-bond donors (Lipinski definition) is 3. The van der Waals surface area contributed by atoms with Crippen LogP contribution in [0, 0.1) is 0 Å². The van der Waals surface area contributed by atoms with Crippen LogP contribution in [-0.2, 0) is 9.59 Å². The Bertz CT molecular complexity index is 1030. The van der Waals surface area contributed by atoms with Gasteiger partial charge < -0.3 is 19.9 Å². The zero-order chi connectivity index (χ0) is 21.1. The van der Waals surface area contributed by atoms with Crippen LogP contribution in [0.2, 0.25) is 0 Å². The van der Waals surface area contributed by atoms with Crippen LogP contribution in [-0.4, -0.2) is 50.6 Å². The Kier molecular flexibility index (Phi) is 5.50. The topological polar surface area (TPSA) is 154 Å². The fourth-order valence-corrected chi connectivity index (χ4v) is 3.25. The van der Waals surface area contributed by atoms with Crippen molar-refractivity contribution in [2.45, 2.75) is 0 Å². The van der Waals surface area contributed by atoms with Crippen molar-refractivity contribution in [3.63, 3.8) is 0 Å². The van der Waals surface area contributed by atoms with E-state index in [0.717, 1.165) is 18.2 Å². The van der Waals surface area contributed by atoms with E-state index in [0.29, 0.717) is 22.4 Å². The number of hydrogen-bond acceptors (Lipinski definition) is 7. The Hall–Kier alpha value is -3.86. The minimum absolute atomic E-state index is 0.0822. The van der Waals surface area contributed by atoms with Crippen LogP contribution >= 0.6 is 11.8 Å². The molecule has 0 unspecified atom stereocenters. The molecule has 11 heteroatoms. The normalized spacial score (nSPS) is 15.0. The fourth-order valence-electron chi connectivity index (χ4n) is 2.43. The maximum atomic E-state index is 12.4. The molecule has 148 valence electrons. The van der Waals surface area contributed by atoms with Gasteiger partial charge in [-0.2, -0.15) is 0 Å². The first-order chi connectivity index (χ1) is 13.7. The van der Waals surface area contributed by atoms with Gasteiger partial charge in [0, 0.05) is 11.8 Å². The highest BCUT2D eigenvalue weighted by Gasteiger charge is 2.36. The number of nitrogens with one attached hydrogen (secondary N) is 1. The lowest BCUT2D eigenvalue weighted by atomic mass is 10.1. The molecule has 1 saturated heterocycles.